The average molecular weight is 341 g/mol. The molecule has 0 radical (unpaired) electrons. The van der Waals surface area contributed by atoms with Crippen molar-refractivity contribution in [3.63, 3.8) is 0 Å². The fraction of sp³-hybridized carbons (Fsp3) is 0.300. The van der Waals surface area contributed by atoms with Gasteiger partial charge in [-0.1, -0.05) is 25.1 Å². The van der Waals surface area contributed by atoms with Gasteiger partial charge in [-0.2, -0.15) is 0 Å². The summed E-state index contributed by atoms with van der Waals surface area (Å²) in [5.74, 6) is -0.0960. The minimum Gasteiger partial charge on any atom is -0.482 e. The highest BCUT2D eigenvalue weighted by atomic mass is 16.6. The molecule has 1 atom stereocenters. The third-order valence-corrected chi connectivity index (χ3v) is 3.77. The van der Waals surface area contributed by atoms with Gasteiger partial charge in [-0.15, -0.1) is 0 Å². The van der Waals surface area contributed by atoms with Crippen LogP contribution in [0.25, 0.3) is 0 Å². The van der Waals surface area contributed by atoms with Crippen molar-refractivity contribution < 1.29 is 19.1 Å². The minimum atomic E-state index is -0.407. The standard InChI is InChI=1S/C20H23NO4/c1-4-15(3)25-19(22)13-24-17-11-9-16(10-12-17)20(23)21-18-8-6-5-7-14(18)2/h5-12,15H,4,13H2,1-3H3,(H,21,23)/t15-/m0/s1. The molecule has 25 heavy (non-hydrogen) atoms. The molecule has 1 amide bonds. The highest BCUT2D eigenvalue weighted by Crippen LogP contribution is 2.17. The molecule has 2 aromatic rings. The Morgan fingerprint density at radius 2 is 1.76 bits per heavy atom. The van der Waals surface area contributed by atoms with Crippen molar-refractivity contribution in [1.29, 1.82) is 0 Å². The monoisotopic (exact) mass is 341 g/mol. The van der Waals surface area contributed by atoms with E-state index >= 15 is 0 Å². The molecule has 0 aliphatic carbocycles. The Labute approximate surface area is 148 Å². The Bertz CT molecular complexity index is 725. The fourth-order valence-corrected chi connectivity index (χ4v) is 2.09. The number of nitrogens with one attached hydrogen (secondary N) is 1. The van der Waals surface area contributed by atoms with Crippen LogP contribution in [0, 0.1) is 6.92 Å². The Morgan fingerprint density at radius 1 is 1.08 bits per heavy atom. The molecule has 0 bridgehead atoms. The van der Waals surface area contributed by atoms with Gasteiger partial charge in [0.2, 0.25) is 0 Å². The van der Waals surface area contributed by atoms with Gasteiger partial charge in [0.25, 0.3) is 5.91 Å². The molecule has 0 aliphatic heterocycles. The van der Waals surface area contributed by atoms with Crippen LogP contribution in [0.1, 0.15) is 36.2 Å². The van der Waals surface area contributed by atoms with Gasteiger partial charge in [-0.05, 0) is 56.2 Å². The van der Waals surface area contributed by atoms with Gasteiger partial charge in [-0.25, -0.2) is 4.79 Å². The molecule has 132 valence electrons. The van der Waals surface area contributed by atoms with Gasteiger partial charge in [0.05, 0.1) is 6.10 Å². The summed E-state index contributed by atoms with van der Waals surface area (Å²) >= 11 is 0. The van der Waals surface area contributed by atoms with Crippen molar-refractivity contribution in [2.75, 3.05) is 11.9 Å². The van der Waals surface area contributed by atoms with Gasteiger partial charge in [-0.3, -0.25) is 4.79 Å². The maximum absolute atomic E-state index is 12.3. The van der Waals surface area contributed by atoms with E-state index in [0.29, 0.717) is 11.3 Å². The number of amides is 1. The molecule has 0 saturated carbocycles. The summed E-state index contributed by atoms with van der Waals surface area (Å²) in [5, 5.41) is 2.87. The number of para-hydroxylation sites is 1. The number of ether oxygens (including phenoxy) is 2. The molecule has 5 nitrogen and oxygen atoms in total. The molecule has 0 spiro atoms. The summed E-state index contributed by atoms with van der Waals surface area (Å²) in [5.41, 5.74) is 2.29. The number of esters is 1. The van der Waals surface area contributed by atoms with E-state index in [-0.39, 0.29) is 18.6 Å². The highest BCUT2D eigenvalue weighted by Gasteiger charge is 2.10. The van der Waals surface area contributed by atoms with Gasteiger partial charge < -0.3 is 14.8 Å². The minimum absolute atomic E-state index is 0.122. The Balaban J connectivity index is 1.90. The van der Waals surface area contributed by atoms with Crippen molar-refractivity contribution in [3.8, 4) is 5.75 Å². The maximum Gasteiger partial charge on any atom is 0.344 e. The lowest BCUT2D eigenvalue weighted by Crippen LogP contribution is -2.20. The molecule has 1 N–H and O–H groups in total. The van der Waals surface area contributed by atoms with E-state index in [9.17, 15) is 9.59 Å². The molecule has 2 aromatic carbocycles. The SMILES string of the molecule is CC[C@H](C)OC(=O)COc1ccc(C(=O)Nc2ccccc2C)cc1. The van der Waals surface area contributed by atoms with Crippen molar-refractivity contribution in [2.45, 2.75) is 33.3 Å². The van der Waals surface area contributed by atoms with E-state index in [1.54, 1.807) is 24.3 Å². The van der Waals surface area contributed by atoms with Crippen molar-refractivity contribution in [1.82, 2.24) is 0 Å². The van der Waals surface area contributed by atoms with Crippen LogP contribution in [-0.4, -0.2) is 24.6 Å². The van der Waals surface area contributed by atoms with Crippen LogP contribution in [0.5, 0.6) is 5.75 Å². The topological polar surface area (TPSA) is 64.6 Å². The first-order chi connectivity index (χ1) is 12.0. The second-order valence-electron chi connectivity index (χ2n) is 5.79. The molecular formula is C20H23NO4. The number of carbonyl (C=O) groups excluding carboxylic acids is 2. The number of aryl methyl sites for hydroxylation is 1. The lowest BCUT2D eigenvalue weighted by Gasteiger charge is -2.12. The summed E-state index contributed by atoms with van der Waals surface area (Å²) in [6.45, 7) is 5.56. The summed E-state index contributed by atoms with van der Waals surface area (Å²) in [6, 6.07) is 14.2. The first-order valence-corrected chi connectivity index (χ1v) is 8.29. The zero-order chi connectivity index (χ0) is 18.2. The smallest absolute Gasteiger partial charge is 0.344 e. The van der Waals surface area contributed by atoms with Crippen molar-refractivity contribution in [3.05, 3.63) is 59.7 Å². The van der Waals surface area contributed by atoms with E-state index in [1.807, 2.05) is 45.0 Å². The maximum atomic E-state index is 12.3. The lowest BCUT2D eigenvalue weighted by atomic mass is 10.1. The number of hydrogen-bond acceptors (Lipinski definition) is 4. The molecule has 0 heterocycles. The van der Waals surface area contributed by atoms with Crippen molar-refractivity contribution in [2.24, 2.45) is 0 Å². The Kier molecular flexibility index (Phi) is 6.57. The first-order valence-electron chi connectivity index (χ1n) is 8.29. The molecule has 5 heteroatoms. The van der Waals surface area contributed by atoms with Gasteiger partial charge >= 0.3 is 5.97 Å². The van der Waals surface area contributed by atoms with E-state index in [1.165, 1.54) is 0 Å². The largest absolute Gasteiger partial charge is 0.482 e. The Hall–Kier alpha value is -2.82. The average Bonchev–Trinajstić information content (AvgIpc) is 2.62. The number of hydrogen-bond donors (Lipinski definition) is 1. The van der Waals surface area contributed by atoms with E-state index < -0.39 is 5.97 Å². The van der Waals surface area contributed by atoms with Gasteiger partial charge in [0.1, 0.15) is 5.75 Å². The van der Waals surface area contributed by atoms with Gasteiger partial charge in [0.15, 0.2) is 6.61 Å². The van der Waals surface area contributed by atoms with Crippen LogP contribution in [0.2, 0.25) is 0 Å². The number of rotatable bonds is 7. The van der Waals surface area contributed by atoms with Crippen molar-refractivity contribution >= 4 is 17.6 Å². The third-order valence-electron chi connectivity index (χ3n) is 3.77. The van der Waals surface area contributed by atoms with E-state index in [2.05, 4.69) is 5.32 Å². The Morgan fingerprint density at radius 3 is 2.40 bits per heavy atom. The molecular weight excluding hydrogens is 318 g/mol. The molecule has 0 unspecified atom stereocenters. The van der Waals surface area contributed by atoms with Crippen LogP contribution in [0.4, 0.5) is 5.69 Å². The second kappa shape index (κ2) is 8.87. The summed E-state index contributed by atoms with van der Waals surface area (Å²) in [6.07, 6.45) is 0.639. The van der Waals surface area contributed by atoms with E-state index in [4.69, 9.17) is 9.47 Å². The molecule has 0 aromatic heterocycles. The van der Waals surface area contributed by atoms with E-state index in [0.717, 1.165) is 17.7 Å². The number of benzene rings is 2. The molecule has 0 aliphatic rings. The quantitative estimate of drug-likeness (QED) is 0.774. The fourth-order valence-electron chi connectivity index (χ4n) is 2.09. The lowest BCUT2D eigenvalue weighted by molar-refractivity contribution is -0.150. The van der Waals surface area contributed by atoms with Crippen LogP contribution < -0.4 is 10.1 Å². The summed E-state index contributed by atoms with van der Waals surface area (Å²) in [4.78, 5) is 23.9. The normalized spacial score (nSPS) is 11.5. The zero-order valence-corrected chi connectivity index (χ0v) is 14.7. The zero-order valence-electron chi connectivity index (χ0n) is 14.7. The number of anilines is 1. The molecule has 2 rings (SSSR count). The van der Waals surface area contributed by atoms with Crippen LogP contribution in [0.3, 0.4) is 0 Å². The summed E-state index contributed by atoms with van der Waals surface area (Å²) in [7, 11) is 0. The van der Waals surface area contributed by atoms with Crippen LogP contribution >= 0.6 is 0 Å². The third kappa shape index (κ3) is 5.64. The highest BCUT2D eigenvalue weighted by molar-refractivity contribution is 6.04. The number of carbonyl (C=O) groups is 2. The predicted octanol–water partition coefficient (Wildman–Crippen LogP) is 3.97. The van der Waals surface area contributed by atoms with Gasteiger partial charge in [0, 0.05) is 11.3 Å². The second-order valence-corrected chi connectivity index (χ2v) is 5.79. The molecule has 0 fully saturated rings. The van der Waals surface area contributed by atoms with Crippen LogP contribution in [-0.2, 0) is 9.53 Å². The molecule has 0 saturated heterocycles. The predicted molar refractivity (Wildman–Crippen MR) is 96.9 cm³/mol. The summed E-state index contributed by atoms with van der Waals surface area (Å²) < 4.78 is 10.5. The van der Waals surface area contributed by atoms with Crippen LogP contribution in [0.15, 0.2) is 48.5 Å². The first kappa shape index (κ1) is 18.5.